The summed E-state index contributed by atoms with van der Waals surface area (Å²) in [6, 6.07) is -1.44. The Kier molecular flexibility index (Phi) is 4.03. The van der Waals surface area contributed by atoms with Crippen LogP contribution in [-0.2, 0) is 22.7 Å². The van der Waals surface area contributed by atoms with Crippen LogP contribution >= 0.6 is 0 Å². The van der Waals surface area contributed by atoms with Gasteiger partial charge in [-0.25, -0.2) is 22.7 Å². The summed E-state index contributed by atoms with van der Waals surface area (Å²) in [5.74, 6) is 0. The predicted octanol–water partition coefficient (Wildman–Crippen LogP) is -0.618. The average molecular weight is 192 g/mol. The first kappa shape index (κ1) is 9.43. The summed E-state index contributed by atoms with van der Waals surface area (Å²) in [5.41, 5.74) is 0. The van der Waals surface area contributed by atoms with Gasteiger partial charge < -0.3 is 0 Å². The molecule has 9 heteroatoms. The van der Waals surface area contributed by atoms with Crippen LogP contribution in [0.15, 0.2) is 0 Å². The summed E-state index contributed by atoms with van der Waals surface area (Å²) >= 11 is -6.15. The fourth-order valence-electron chi connectivity index (χ4n) is 0.167. The summed E-state index contributed by atoms with van der Waals surface area (Å²) in [6.07, 6.45) is 0. The van der Waals surface area contributed by atoms with Gasteiger partial charge in [0.2, 0.25) is 0 Å². The highest BCUT2D eigenvalue weighted by Crippen LogP contribution is 1.77. The summed E-state index contributed by atoms with van der Waals surface area (Å²) in [6.45, 7) is 0. The van der Waals surface area contributed by atoms with Crippen molar-refractivity contribution in [2.45, 2.75) is 0 Å². The van der Waals surface area contributed by atoms with Gasteiger partial charge in [0.1, 0.15) is 0 Å². The molecule has 2 amide bonds. The summed E-state index contributed by atoms with van der Waals surface area (Å²) in [4.78, 5) is 9.98. The van der Waals surface area contributed by atoms with E-state index in [1.54, 1.807) is 0 Å². The molecule has 0 aliphatic rings. The number of nitrogens with one attached hydrogen (secondary N) is 2. The molecular weight excluding hydrogens is 190 g/mol. The number of hydrogen-bond acceptors (Lipinski definition) is 3. The highest BCUT2D eigenvalue weighted by atomic mass is 32.2. The monoisotopic (exact) mass is 192 g/mol. The van der Waals surface area contributed by atoms with E-state index in [2.05, 4.69) is 0 Å². The second-order valence-electron chi connectivity index (χ2n) is 0.980. The molecule has 5 nitrogen and oxygen atoms in total. The predicted molar refractivity (Wildman–Crippen MR) is 30.2 cm³/mol. The second-order valence-corrected chi connectivity index (χ2v) is 2.28. The molecule has 0 saturated heterocycles. The molecule has 60 valence electrons. The molecule has 0 fully saturated rings. The first-order chi connectivity index (χ1) is 4.52. The Morgan fingerprint density at radius 3 is 1.60 bits per heavy atom. The van der Waals surface area contributed by atoms with Gasteiger partial charge in [-0.15, -0.1) is 7.77 Å². The Balaban J connectivity index is 3.65. The summed E-state index contributed by atoms with van der Waals surface area (Å²) in [5, 5.41) is 0. The smallest absolute Gasteiger partial charge is 0.247 e. The third-order valence-electron chi connectivity index (χ3n) is 0.346. The maximum absolute atomic E-state index is 11.3. The fourth-order valence-corrected chi connectivity index (χ4v) is 0.625. The van der Waals surface area contributed by atoms with E-state index < -0.39 is 28.8 Å². The highest BCUT2D eigenvalue weighted by molar-refractivity contribution is 7.79. The van der Waals surface area contributed by atoms with Crippen LogP contribution < -0.4 is 9.44 Å². The third-order valence-corrected chi connectivity index (χ3v) is 1.04. The van der Waals surface area contributed by atoms with Crippen LogP contribution in [0.3, 0.4) is 0 Å². The Morgan fingerprint density at radius 1 is 1.10 bits per heavy atom. The van der Waals surface area contributed by atoms with E-state index in [1.807, 2.05) is 0 Å². The summed E-state index contributed by atoms with van der Waals surface area (Å²) < 4.78 is 43.7. The molecule has 10 heavy (non-hydrogen) atoms. The standard InChI is InChI=1S/CH2F2N2O3S2/c2-9(7)4-1(6)5-10(3)8/h(H2,4,5,6). The van der Waals surface area contributed by atoms with Crippen LogP contribution in [-0.4, -0.2) is 14.4 Å². The number of halogens is 2. The lowest BCUT2D eigenvalue weighted by atomic mass is 11.2. The van der Waals surface area contributed by atoms with Crippen molar-refractivity contribution in [1.82, 2.24) is 9.44 Å². The van der Waals surface area contributed by atoms with Crippen LogP contribution in [0.2, 0.25) is 0 Å². The topological polar surface area (TPSA) is 75.3 Å². The van der Waals surface area contributed by atoms with Crippen molar-refractivity contribution >= 4 is 28.8 Å². The normalized spacial score (nSPS) is 15.4. The molecule has 0 bridgehead atoms. The second kappa shape index (κ2) is 4.28. The van der Waals surface area contributed by atoms with Gasteiger partial charge in [0.05, 0.1) is 0 Å². The zero-order valence-corrected chi connectivity index (χ0v) is 5.93. The van der Waals surface area contributed by atoms with Gasteiger partial charge in [-0.2, -0.15) is 0 Å². The van der Waals surface area contributed by atoms with E-state index in [9.17, 15) is 21.0 Å². The van der Waals surface area contributed by atoms with E-state index in [0.717, 1.165) is 9.44 Å². The number of carbonyl (C=O) groups excluding carboxylic acids is 1. The molecule has 0 aromatic carbocycles. The number of rotatable bonds is 2. The maximum atomic E-state index is 11.3. The molecular formula is CH2F2N2O3S2. The molecule has 0 radical (unpaired) electrons. The van der Waals surface area contributed by atoms with Crippen LogP contribution in [0.1, 0.15) is 0 Å². The van der Waals surface area contributed by atoms with Crippen molar-refractivity contribution in [3.8, 4) is 0 Å². The lowest BCUT2D eigenvalue weighted by molar-refractivity contribution is 0.251. The van der Waals surface area contributed by atoms with Crippen LogP contribution in [0.5, 0.6) is 0 Å². The quantitative estimate of drug-likeness (QED) is 0.572. The lowest BCUT2D eigenvalue weighted by Gasteiger charge is -1.94. The first-order valence-corrected chi connectivity index (χ1v) is 3.85. The highest BCUT2D eigenvalue weighted by Gasteiger charge is 2.06. The Bertz CT molecular complexity index is 165. The molecule has 0 aliphatic heterocycles. The van der Waals surface area contributed by atoms with E-state index in [4.69, 9.17) is 0 Å². The maximum Gasteiger partial charge on any atom is 0.342 e. The molecule has 0 aromatic rings. The van der Waals surface area contributed by atoms with Gasteiger partial charge in [0, 0.05) is 0 Å². The van der Waals surface area contributed by atoms with Gasteiger partial charge in [0.15, 0.2) is 0 Å². The molecule has 2 atom stereocenters. The molecule has 2 unspecified atom stereocenters. The number of carbonyl (C=O) groups is 1. The minimum Gasteiger partial charge on any atom is -0.247 e. The van der Waals surface area contributed by atoms with Crippen molar-refractivity contribution < 1.29 is 21.0 Å². The zero-order valence-electron chi connectivity index (χ0n) is 4.30. The van der Waals surface area contributed by atoms with E-state index in [-0.39, 0.29) is 0 Å². The van der Waals surface area contributed by atoms with Crippen molar-refractivity contribution in [3.63, 3.8) is 0 Å². The van der Waals surface area contributed by atoms with Crippen molar-refractivity contribution in [3.05, 3.63) is 0 Å². The minimum atomic E-state index is -3.08. The lowest BCUT2D eigenvalue weighted by Crippen LogP contribution is -2.34. The number of amides is 2. The molecule has 2 N–H and O–H groups in total. The van der Waals surface area contributed by atoms with Crippen LogP contribution in [0, 0.1) is 0 Å². The molecule has 0 aromatic heterocycles. The van der Waals surface area contributed by atoms with Crippen LogP contribution in [0.4, 0.5) is 12.6 Å². The van der Waals surface area contributed by atoms with E-state index >= 15 is 0 Å². The van der Waals surface area contributed by atoms with Crippen molar-refractivity contribution in [1.29, 1.82) is 0 Å². The van der Waals surface area contributed by atoms with Crippen LogP contribution in [0.25, 0.3) is 0 Å². The SMILES string of the molecule is O=C(NS(=O)F)NS(=O)F. The van der Waals surface area contributed by atoms with Gasteiger partial charge in [-0.1, -0.05) is 0 Å². The van der Waals surface area contributed by atoms with Crippen molar-refractivity contribution in [2.24, 2.45) is 0 Å². The van der Waals surface area contributed by atoms with E-state index in [0.29, 0.717) is 0 Å². The molecule has 0 spiro atoms. The van der Waals surface area contributed by atoms with Crippen molar-refractivity contribution in [2.75, 3.05) is 0 Å². The largest absolute Gasteiger partial charge is 0.342 e. The number of hydrogen-bond donors (Lipinski definition) is 2. The Hall–Kier alpha value is -0.570. The molecule has 0 heterocycles. The Morgan fingerprint density at radius 2 is 1.40 bits per heavy atom. The summed E-state index contributed by atoms with van der Waals surface area (Å²) in [7, 11) is 0. The van der Waals surface area contributed by atoms with Gasteiger partial charge in [-0.3, -0.25) is 0 Å². The molecule has 0 saturated carbocycles. The minimum absolute atomic E-state index is 1.10. The van der Waals surface area contributed by atoms with Gasteiger partial charge >= 0.3 is 28.8 Å². The third kappa shape index (κ3) is 5.56. The molecule has 0 rings (SSSR count). The zero-order chi connectivity index (χ0) is 8.15. The van der Waals surface area contributed by atoms with Gasteiger partial charge in [0.25, 0.3) is 0 Å². The average Bonchev–Trinajstić information content (AvgIpc) is 1.58. The molecule has 0 aliphatic carbocycles. The van der Waals surface area contributed by atoms with Gasteiger partial charge in [-0.05, 0) is 0 Å². The fraction of sp³-hybridized carbons (Fsp3) is 0. The number of urea groups is 1. The Labute approximate surface area is 59.9 Å². The first-order valence-electron chi connectivity index (χ1n) is 1.75. The van der Waals surface area contributed by atoms with E-state index in [1.165, 1.54) is 0 Å².